The Morgan fingerprint density at radius 2 is 2.10 bits per heavy atom. The molecule has 1 aliphatic carbocycles. The van der Waals surface area contributed by atoms with Crippen LogP contribution in [0, 0.1) is 5.92 Å². The van der Waals surface area contributed by atoms with E-state index in [1.807, 2.05) is 19.9 Å². The van der Waals surface area contributed by atoms with E-state index in [-0.39, 0.29) is 24.0 Å². The van der Waals surface area contributed by atoms with Gasteiger partial charge in [-0.2, -0.15) is 0 Å². The second-order valence-electron chi connectivity index (χ2n) is 5.88. The van der Waals surface area contributed by atoms with E-state index in [1.54, 1.807) is 0 Å². The van der Waals surface area contributed by atoms with Gasteiger partial charge in [0.25, 0.3) is 0 Å². The minimum atomic E-state index is -0.489. The monoisotopic (exact) mass is 290 g/mol. The normalized spacial score (nSPS) is 32.4. The summed E-state index contributed by atoms with van der Waals surface area (Å²) in [6.45, 7) is 9.26. The molecule has 0 bridgehead atoms. The SMILES string of the molecule is C=C1C(=O)O[C@H]2CC(C)=CCC/C(C)=C/[C@H](OC(C)=O)[C@H]12. The summed E-state index contributed by atoms with van der Waals surface area (Å²) in [6.07, 6.45) is 5.81. The highest BCUT2D eigenvalue weighted by Crippen LogP contribution is 2.36. The minimum Gasteiger partial charge on any atom is -0.458 e. The van der Waals surface area contributed by atoms with Crippen molar-refractivity contribution < 1.29 is 19.1 Å². The van der Waals surface area contributed by atoms with Crippen LogP contribution in [0.3, 0.4) is 0 Å². The Labute approximate surface area is 125 Å². The molecule has 0 aromatic heterocycles. The molecule has 4 nitrogen and oxygen atoms in total. The molecule has 21 heavy (non-hydrogen) atoms. The molecule has 1 heterocycles. The molecule has 1 aliphatic heterocycles. The molecule has 1 fully saturated rings. The van der Waals surface area contributed by atoms with Crippen LogP contribution in [0.2, 0.25) is 0 Å². The van der Waals surface area contributed by atoms with E-state index in [0.29, 0.717) is 12.0 Å². The van der Waals surface area contributed by atoms with E-state index >= 15 is 0 Å². The lowest BCUT2D eigenvalue weighted by molar-refractivity contribution is -0.147. The highest BCUT2D eigenvalue weighted by atomic mass is 16.6. The molecule has 0 unspecified atom stereocenters. The average molecular weight is 290 g/mol. The summed E-state index contributed by atoms with van der Waals surface area (Å²) < 4.78 is 10.9. The molecule has 0 amide bonds. The number of fused-ring (bicyclic) bond motifs is 1. The van der Waals surface area contributed by atoms with E-state index in [2.05, 4.69) is 12.7 Å². The molecule has 1 saturated heterocycles. The molecule has 2 rings (SSSR count). The Morgan fingerprint density at radius 3 is 2.76 bits per heavy atom. The number of ether oxygens (including phenoxy) is 2. The lowest BCUT2D eigenvalue weighted by Gasteiger charge is -2.26. The summed E-state index contributed by atoms with van der Waals surface area (Å²) in [4.78, 5) is 23.2. The third-order valence-electron chi connectivity index (χ3n) is 3.98. The first-order valence-electron chi connectivity index (χ1n) is 7.28. The highest BCUT2D eigenvalue weighted by molar-refractivity contribution is 5.91. The van der Waals surface area contributed by atoms with Crippen LogP contribution in [-0.4, -0.2) is 24.1 Å². The van der Waals surface area contributed by atoms with Gasteiger partial charge in [-0.25, -0.2) is 4.79 Å². The first-order chi connectivity index (χ1) is 9.88. The topological polar surface area (TPSA) is 52.6 Å². The van der Waals surface area contributed by atoms with Crippen molar-refractivity contribution in [3.63, 3.8) is 0 Å². The average Bonchev–Trinajstić information content (AvgIpc) is 2.62. The summed E-state index contributed by atoms with van der Waals surface area (Å²) in [7, 11) is 0. The van der Waals surface area contributed by atoms with Gasteiger partial charge in [0.1, 0.15) is 12.2 Å². The fourth-order valence-electron chi connectivity index (χ4n) is 2.94. The number of allylic oxidation sites excluding steroid dienone is 2. The molecule has 2 aliphatic rings. The van der Waals surface area contributed by atoms with Crippen molar-refractivity contribution in [2.24, 2.45) is 5.92 Å². The zero-order chi connectivity index (χ0) is 15.6. The van der Waals surface area contributed by atoms with E-state index in [1.165, 1.54) is 12.5 Å². The molecule has 0 saturated carbocycles. The van der Waals surface area contributed by atoms with Crippen molar-refractivity contribution in [1.82, 2.24) is 0 Å². The number of carbonyl (C=O) groups excluding carboxylic acids is 2. The number of carbonyl (C=O) groups is 2. The number of rotatable bonds is 1. The van der Waals surface area contributed by atoms with E-state index in [0.717, 1.165) is 18.4 Å². The zero-order valence-electron chi connectivity index (χ0n) is 12.8. The van der Waals surface area contributed by atoms with E-state index in [9.17, 15) is 9.59 Å². The van der Waals surface area contributed by atoms with Gasteiger partial charge in [0.05, 0.1) is 5.92 Å². The van der Waals surface area contributed by atoms with Gasteiger partial charge >= 0.3 is 11.9 Å². The Morgan fingerprint density at radius 1 is 1.38 bits per heavy atom. The van der Waals surface area contributed by atoms with Crippen LogP contribution in [0.15, 0.2) is 35.5 Å². The van der Waals surface area contributed by atoms with Gasteiger partial charge in [0.2, 0.25) is 0 Å². The Bertz CT molecular complexity index is 527. The fraction of sp³-hybridized carbons (Fsp3) is 0.529. The molecule has 0 N–H and O–H groups in total. The van der Waals surface area contributed by atoms with Crippen molar-refractivity contribution in [2.75, 3.05) is 0 Å². The van der Waals surface area contributed by atoms with Crippen LogP contribution in [0.1, 0.15) is 40.0 Å². The fourth-order valence-corrected chi connectivity index (χ4v) is 2.94. The van der Waals surface area contributed by atoms with Crippen LogP contribution >= 0.6 is 0 Å². The second-order valence-corrected chi connectivity index (χ2v) is 5.88. The van der Waals surface area contributed by atoms with Gasteiger partial charge in [0.15, 0.2) is 0 Å². The first kappa shape index (κ1) is 15.5. The summed E-state index contributed by atoms with van der Waals surface area (Å²) in [5, 5.41) is 0. The molecule has 3 atom stereocenters. The third kappa shape index (κ3) is 3.63. The second kappa shape index (κ2) is 6.29. The molecule has 0 spiro atoms. The van der Waals surface area contributed by atoms with Gasteiger partial charge in [-0.15, -0.1) is 0 Å². The van der Waals surface area contributed by atoms with Crippen molar-refractivity contribution >= 4 is 11.9 Å². The summed E-state index contributed by atoms with van der Waals surface area (Å²) in [5.74, 6) is -1.06. The predicted octanol–water partition coefficient (Wildman–Crippen LogP) is 3.09. The van der Waals surface area contributed by atoms with Crippen LogP contribution < -0.4 is 0 Å². The van der Waals surface area contributed by atoms with Crippen LogP contribution in [-0.2, 0) is 19.1 Å². The smallest absolute Gasteiger partial charge is 0.334 e. The first-order valence-corrected chi connectivity index (χ1v) is 7.28. The van der Waals surface area contributed by atoms with Crippen molar-refractivity contribution in [3.05, 3.63) is 35.5 Å². The Kier molecular flexibility index (Phi) is 4.66. The highest BCUT2D eigenvalue weighted by Gasteiger charge is 2.44. The van der Waals surface area contributed by atoms with Crippen molar-refractivity contribution in [1.29, 1.82) is 0 Å². The Hall–Kier alpha value is -1.84. The number of hydrogen-bond acceptors (Lipinski definition) is 4. The van der Waals surface area contributed by atoms with Gasteiger partial charge in [-0.3, -0.25) is 4.79 Å². The summed E-state index contributed by atoms with van der Waals surface area (Å²) in [5.41, 5.74) is 2.71. The quantitative estimate of drug-likeness (QED) is 0.423. The summed E-state index contributed by atoms with van der Waals surface area (Å²) >= 11 is 0. The van der Waals surface area contributed by atoms with Crippen LogP contribution in [0.5, 0.6) is 0 Å². The molecular formula is C17H22O4. The standard InChI is InChI=1S/C17H22O4/c1-10-6-5-7-11(2)9-15-16(12(3)17(19)21-15)14(8-10)20-13(4)18/h7-8,14-16H,3,5-6,9H2,1-2,4H3/b10-8+,11-7?/t14-,15-,16-/m0/s1. The third-order valence-corrected chi connectivity index (χ3v) is 3.98. The lowest BCUT2D eigenvalue weighted by Crippen LogP contribution is -2.32. The maximum Gasteiger partial charge on any atom is 0.334 e. The van der Waals surface area contributed by atoms with Crippen molar-refractivity contribution in [2.45, 2.75) is 52.2 Å². The maximum atomic E-state index is 11.9. The summed E-state index contributed by atoms with van der Waals surface area (Å²) in [6, 6.07) is 0. The van der Waals surface area contributed by atoms with Gasteiger partial charge in [-0.1, -0.05) is 23.8 Å². The van der Waals surface area contributed by atoms with Gasteiger partial charge < -0.3 is 9.47 Å². The van der Waals surface area contributed by atoms with E-state index < -0.39 is 6.10 Å². The van der Waals surface area contributed by atoms with Gasteiger partial charge in [0, 0.05) is 18.9 Å². The van der Waals surface area contributed by atoms with Crippen molar-refractivity contribution in [3.8, 4) is 0 Å². The maximum absolute atomic E-state index is 11.9. The minimum absolute atomic E-state index is 0.308. The van der Waals surface area contributed by atoms with Crippen LogP contribution in [0.25, 0.3) is 0 Å². The van der Waals surface area contributed by atoms with Crippen LogP contribution in [0.4, 0.5) is 0 Å². The lowest BCUT2D eigenvalue weighted by atomic mass is 9.85. The van der Waals surface area contributed by atoms with E-state index in [4.69, 9.17) is 9.47 Å². The molecule has 0 aromatic carbocycles. The predicted molar refractivity (Wildman–Crippen MR) is 79.4 cm³/mol. The molecule has 0 aromatic rings. The van der Waals surface area contributed by atoms with Gasteiger partial charge in [-0.05, 0) is 32.8 Å². The molecule has 114 valence electrons. The number of esters is 2. The number of hydrogen-bond donors (Lipinski definition) is 0. The zero-order valence-corrected chi connectivity index (χ0v) is 12.8. The molecule has 4 heteroatoms. The largest absolute Gasteiger partial charge is 0.458 e. The molecule has 0 radical (unpaired) electrons. The molecular weight excluding hydrogens is 268 g/mol. The Balaban J connectivity index is 2.39.